The van der Waals surface area contributed by atoms with Crippen LogP contribution in [0, 0.1) is 0 Å². The van der Waals surface area contributed by atoms with Crippen molar-refractivity contribution in [2.24, 2.45) is 7.05 Å². The van der Waals surface area contributed by atoms with Crippen LogP contribution in [0.5, 0.6) is 0 Å². The van der Waals surface area contributed by atoms with Crippen LogP contribution in [0.2, 0.25) is 0 Å². The number of amides is 2. The van der Waals surface area contributed by atoms with Gasteiger partial charge in [0.25, 0.3) is 17.4 Å². The number of hydrogen-bond acceptors (Lipinski definition) is 6. The molecule has 2 aromatic heterocycles. The SMILES string of the molecule is Cn1ccc(C(=O)N2CCOC3(C2)CN(C(=O)c2ncoc2C2CC2)C3)cc1=O. The van der Waals surface area contributed by atoms with Crippen molar-refractivity contribution in [3.63, 3.8) is 0 Å². The van der Waals surface area contributed by atoms with Crippen molar-refractivity contribution < 1.29 is 18.7 Å². The largest absolute Gasteiger partial charge is 0.447 e. The van der Waals surface area contributed by atoms with Gasteiger partial charge in [0.05, 0.1) is 26.2 Å². The quantitative estimate of drug-likeness (QED) is 0.752. The number of ether oxygens (including phenoxy) is 1. The lowest BCUT2D eigenvalue weighted by atomic mass is 9.91. The molecule has 3 aliphatic rings. The molecule has 2 amide bonds. The molecule has 3 fully saturated rings. The second-order valence-electron chi connectivity index (χ2n) is 8.12. The number of oxazole rings is 1. The van der Waals surface area contributed by atoms with Crippen molar-refractivity contribution in [2.45, 2.75) is 24.4 Å². The highest BCUT2D eigenvalue weighted by atomic mass is 16.5. The number of rotatable bonds is 3. The normalized spacial score (nSPS) is 20.6. The van der Waals surface area contributed by atoms with Crippen LogP contribution in [0.3, 0.4) is 0 Å². The predicted octanol–water partition coefficient (Wildman–Crippen LogP) is 0.618. The second-order valence-corrected chi connectivity index (χ2v) is 8.12. The first kappa shape index (κ1) is 18.1. The molecule has 0 bridgehead atoms. The van der Waals surface area contributed by atoms with E-state index in [1.807, 2.05) is 0 Å². The van der Waals surface area contributed by atoms with Gasteiger partial charge in [0, 0.05) is 37.3 Å². The molecule has 1 spiro atoms. The second kappa shape index (κ2) is 6.55. The molecule has 2 saturated heterocycles. The molecule has 0 N–H and O–H groups in total. The van der Waals surface area contributed by atoms with E-state index in [-0.39, 0.29) is 17.4 Å². The first-order chi connectivity index (χ1) is 14.0. The number of carbonyl (C=O) groups excluding carboxylic acids is 2. The summed E-state index contributed by atoms with van der Waals surface area (Å²) < 4.78 is 12.8. The minimum absolute atomic E-state index is 0.148. The number of hydrogen-bond donors (Lipinski definition) is 0. The number of aromatic nitrogens is 2. The number of nitrogens with zero attached hydrogens (tertiary/aromatic N) is 4. The van der Waals surface area contributed by atoms with Gasteiger partial charge in [-0.25, -0.2) is 4.98 Å². The molecular formula is C20H22N4O5. The third kappa shape index (κ3) is 3.15. The van der Waals surface area contributed by atoms with E-state index < -0.39 is 5.60 Å². The summed E-state index contributed by atoms with van der Waals surface area (Å²) in [6.45, 7) is 2.06. The van der Waals surface area contributed by atoms with E-state index >= 15 is 0 Å². The van der Waals surface area contributed by atoms with Gasteiger partial charge < -0.3 is 23.5 Å². The number of morpholine rings is 1. The lowest BCUT2D eigenvalue weighted by Gasteiger charge is -2.53. The number of pyridine rings is 1. The van der Waals surface area contributed by atoms with Crippen molar-refractivity contribution in [3.8, 4) is 0 Å². The highest BCUT2D eigenvalue weighted by molar-refractivity contribution is 5.95. The summed E-state index contributed by atoms with van der Waals surface area (Å²) in [5.41, 5.74) is -0.0223. The average molecular weight is 398 g/mol. The predicted molar refractivity (Wildman–Crippen MR) is 101 cm³/mol. The maximum Gasteiger partial charge on any atom is 0.276 e. The van der Waals surface area contributed by atoms with E-state index in [1.165, 1.54) is 17.0 Å². The first-order valence-electron chi connectivity index (χ1n) is 9.78. The van der Waals surface area contributed by atoms with E-state index in [1.54, 1.807) is 29.1 Å². The Bertz CT molecular complexity index is 1030. The molecule has 4 heterocycles. The van der Waals surface area contributed by atoms with Crippen LogP contribution in [-0.2, 0) is 11.8 Å². The minimum atomic E-state index is -0.563. The third-order valence-corrected chi connectivity index (χ3v) is 5.88. The fourth-order valence-corrected chi connectivity index (χ4v) is 4.07. The van der Waals surface area contributed by atoms with Gasteiger partial charge >= 0.3 is 0 Å². The van der Waals surface area contributed by atoms with Gasteiger partial charge in [-0.1, -0.05) is 0 Å². The van der Waals surface area contributed by atoms with Crippen LogP contribution in [0.25, 0.3) is 0 Å². The van der Waals surface area contributed by atoms with Crippen LogP contribution in [-0.4, -0.2) is 69.6 Å². The van der Waals surface area contributed by atoms with E-state index in [0.29, 0.717) is 55.7 Å². The number of aryl methyl sites for hydroxylation is 1. The summed E-state index contributed by atoms with van der Waals surface area (Å²) in [5, 5.41) is 0. The molecule has 0 radical (unpaired) electrons. The van der Waals surface area contributed by atoms with Crippen molar-refractivity contribution >= 4 is 11.8 Å². The molecule has 9 nitrogen and oxygen atoms in total. The van der Waals surface area contributed by atoms with Gasteiger partial charge in [0.2, 0.25) is 0 Å². The van der Waals surface area contributed by atoms with Gasteiger partial charge in [0.1, 0.15) is 11.4 Å². The first-order valence-corrected chi connectivity index (χ1v) is 9.78. The number of carbonyl (C=O) groups is 2. The molecular weight excluding hydrogens is 376 g/mol. The van der Waals surface area contributed by atoms with Crippen molar-refractivity contribution in [1.29, 1.82) is 0 Å². The van der Waals surface area contributed by atoms with E-state index in [9.17, 15) is 14.4 Å². The van der Waals surface area contributed by atoms with Crippen LogP contribution in [0.4, 0.5) is 0 Å². The zero-order chi connectivity index (χ0) is 20.2. The van der Waals surface area contributed by atoms with E-state index in [0.717, 1.165) is 12.8 Å². The molecule has 5 rings (SSSR count). The molecule has 0 unspecified atom stereocenters. The highest BCUT2D eigenvalue weighted by Crippen LogP contribution is 2.42. The summed E-state index contributed by atoms with van der Waals surface area (Å²) >= 11 is 0. The Morgan fingerprint density at radius 3 is 2.66 bits per heavy atom. The topological polar surface area (TPSA) is 97.9 Å². The fourth-order valence-electron chi connectivity index (χ4n) is 4.07. The molecule has 29 heavy (non-hydrogen) atoms. The van der Waals surface area contributed by atoms with Gasteiger partial charge in [-0.15, -0.1) is 0 Å². The van der Waals surface area contributed by atoms with E-state index in [4.69, 9.17) is 9.15 Å². The third-order valence-electron chi connectivity index (χ3n) is 5.88. The molecule has 9 heteroatoms. The van der Waals surface area contributed by atoms with Gasteiger partial charge in [0.15, 0.2) is 12.1 Å². The van der Waals surface area contributed by atoms with Crippen LogP contribution in [0.1, 0.15) is 45.4 Å². The Balaban J connectivity index is 1.26. The molecule has 2 aromatic rings. The summed E-state index contributed by atoms with van der Waals surface area (Å²) in [6, 6.07) is 3.00. The highest BCUT2D eigenvalue weighted by Gasteiger charge is 2.51. The van der Waals surface area contributed by atoms with Crippen molar-refractivity contribution in [3.05, 3.63) is 52.1 Å². The standard InChI is InChI=1S/C20H22N4O5/c1-22-5-4-14(8-15(22)25)18(26)23-6-7-29-20(9-23)10-24(11-20)19(27)16-17(13-2-3-13)28-12-21-16/h4-5,8,12-13H,2-3,6-7,9-11H2,1H3. The Morgan fingerprint density at radius 2 is 1.93 bits per heavy atom. The van der Waals surface area contributed by atoms with Gasteiger partial charge in [-0.05, 0) is 18.9 Å². The maximum absolute atomic E-state index is 12.8. The molecule has 0 atom stereocenters. The van der Waals surface area contributed by atoms with E-state index in [2.05, 4.69) is 4.98 Å². The van der Waals surface area contributed by atoms with Crippen molar-refractivity contribution in [1.82, 2.24) is 19.4 Å². The fraction of sp³-hybridized carbons (Fsp3) is 0.500. The van der Waals surface area contributed by atoms with Gasteiger partial charge in [-0.3, -0.25) is 14.4 Å². The summed E-state index contributed by atoms with van der Waals surface area (Å²) in [4.78, 5) is 45.0. The van der Waals surface area contributed by atoms with Crippen molar-refractivity contribution in [2.75, 3.05) is 32.8 Å². The lowest BCUT2D eigenvalue weighted by Crippen LogP contribution is -2.71. The Morgan fingerprint density at radius 1 is 1.17 bits per heavy atom. The van der Waals surface area contributed by atoms with Crippen LogP contribution >= 0.6 is 0 Å². The maximum atomic E-state index is 12.8. The Kier molecular flexibility index (Phi) is 4.09. The summed E-state index contributed by atoms with van der Waals surface area (Å²) in [7, 11) is 1.64. The number of likely N-dealkylation sites (tertiary alicyclic amines) is 1. The zero-order valence-corrected chi connectivity index (χ0v) is 16.2. The lowest BCUT2D eigenvalue weighted by molar-refractivity contribution is -0.164. The smallest absolute Gasteiger partial charge is 0.276 e. The van der Waals surface area contributed by atoms with Crippen LogP contribution < -0.4 is 5.56 Å². The zero-order valence-electron chi connectivity index (χ0n) is 16.2. The average Bonchev–Trinajstić information content (AvgIpc) is 3.43. The molecule has 1 aliphatic carbocycles. The molecule has 1 saturated carbocycles. The Labute approximate surface area is 166 Å². The minimum Gasteiger partial charge on any atom is -0.447 e. The molecule has 0 aromatic carbocycles. The summed E-state index contributed by atoms with van der Waals surface area (Å²) in [6.07, 6.45) is 4.98. The van der Waals surface area contributed by atoms with Crippen LogP contribution in [0.15, 0.2) is 33.9 Å². The molecule has 2 aliphatic heterocycles. The molecule has 152 valence electrons. The Hall–Kier alpha value is -2.94. The monoisotopic (exact) mass is 398 g/mol. The summed E-state index contributed by atoms with van der Waals surface area (Å²) in [5.74, 6) is 0.653. The van der Waals surface area contributed by atoms with Gasteiger partial charge in [-0.2, -0.15) is 0 Å².